The number of halogens is 1. The molecule has 1 N–H and O–H groups in total. The molecule has 3 aromatic rings. The summed E-state index contributed by atoms with van der Waals surface area (Å²) in [6.07, 6.45) is 1.18. The maximum atomic E-state index is 12.9. The molecule has 0 aliphatic heterocycles. The number of carbonyl (C=O) groups excluding carboxylic acids is 1. The largest absolute Gasteiger partial charge is 0.492 e. The Morgan fingerprint density at radius 2 is 1.58 bits per heavy atom. The predicted octanol–water partition coefficient (Wildman–Crippen LogP) is 4.22. The molecule has 0 fully saturated rings. The Labute approximate surface area is 194 Å². The van der Waals surface area contributed by atoms with Gasteiger partial charge in [0, 0.05) is 5.56 Å². The lowest BCUT2D eigenvalue weighted by atomic mass is 10.1. The summed E-state index contributed by atoms with van der Waals surface area (Å²) in [6.45, 7) is 4.54. The molecular formula is C25H27FN2O4S. The summed E-state index contributed by atoms with van der Waals surface area (Å²) in [4.78, 5) is 12.4. The van der Waals surface area contributed by atoms with E-state index in [1.807, 2.05) is 32.0 Å². The maximum absolute atomic E-state index is 12.9. The third-order valence-corrected chi connectivity index (χ3v) is 6.05. The van der Waals surface area contributed by atoms with Gasteiger partial charge in [0.25, 0.3) is 5.91 Å². The van der Waals surface area contributed by atoms with Crippen molar-refractivity contribution < 1.29 is 22.3 Å². The summed E-state index contributed by atoms with van der Waals surface area (Å²) in [5.74, 6) is -0.0828. The van der Waals surface area contributed by atoms with Gasteiger partial charge < -0.3 is 10.1 Å². The highest BCUT2D eigenvalue weighted by Gasteiger charge is 2.19. The monoisotopic (exact) mass is 470 g/mol. The minimum atomic E-state index is -3.50. The van der Waals surface area contributed by atoms with Crippen LogP contribution >= 0.6 is 0 Å². The van der Waals surface area contributed by atoms with Gasteiger partial charge in [-0.3, -0.25) is 9.10 Å². The van der Waals surface area contributed by atoms with Crippen molar-refractivity contribution in [2.24, 2.45) is 0 Å². The number of nitrogens with one attached hydrogen (secondary N) is 1. The first-order valence-electron chi connectivity index (χ1n) is 10.4. The topological polar surface area (TPSA) is 75.7 Å². The highest BCUT2D eigenvalue weighted by Crippen LogP contribution is 2.23. The number of hydrogen-bond acceptors (Lipinski definition) is 4. The van der Waals surface area contributed by atoms with Crippen molar-refractivity contribution in [2.45, 2.75) is 20.4 Å². The van der Waals surface area contributed by atoms with Gasteiger partial charge in [0.15, 0.2) is 0 Å². The van der Waals surface area contributed by atoms with E-state index in [4.69, 9.17) is 4.74 Å². The first-order valence-corrected chi connectivity index (χ1v) is 12.3. The maximum Gasteiger partial charge on any atom is 0.251 e. The van der Waals surface area contributed by atoms with E-state index in [9.17, 15) is 17.6 Å². The molecule has 0 spiro atoms. The van der Waals surface area contributed by atoms with Crippen LogP contribution in [0.1, 0.15) is 27.0 Å². The Balaban J connectivity index is 1.59. The molecule has 33 heavy (non-hydrogen) atoms. The number of hydrogen-bond donors (Lipinski definition) is 1. The van der Waals surface area contributed by atoms with Gasteiger partial charge >= 0.3 is 0 Å². The van der Waals surface area contributed by atoms with E-state index >= 15 is 0 Å². The zero-order valence-electron chi connectivity index (χ0n) is 18.8. The van der Waals surface area contributed by atoms with Crippen LogP contribution in [0, 0.1) is 19.7 Å². The van der Waals surface area contributed by atoms with Crippen LogP contribution in [0.3, 0.4) is 0 Å². The SMILES string of the molecule is Cc1cc(C)cc(N(Cc2ccc(C(=O)NCCOc3ccc(F)cc3)cc2)S(C)(=O)=O)c1. The molecule has 3 aromatic carbocycles. The lowest BCUT2D eigenvalue weighted by molar-refractivity contribution is 0.0947. The minimum absolute atomic E-state index is 0.162. The average Bonchev–Trinajstić information content (AvgIpc) is 2.75. The Morgan fingerprint density at radius 3 is 2.15 bits per heavy atom. The Kier molecular flexibility index (Phi) is 7.71. The Morgan fingerprint density at radius 1 is 0.970 bits per heavy atom. The molecule has 174 valence electrons. The Hall–Kier alpha value is -3.39. The van der Waals surface area contributed by atoms with E-state index in [-0.39, 0.29) is 31.4 Å². The second kappa shape index (κ2) is 10.5. The van der Waals surface area contributed by atoms with Crippen LogP contribution in [0.5, 0.6) is 5.75 Å². The fourth-order valence-electron chi connectivity index (χ4n) is 3.39. The van der Waals surface area contributed by atoms with Crippen molar-refractivity contribution in [1.82, 2.24) is 5.32 Å². The molecule has 6 nitrogen and oxygen atoms in total. The summed E-state index contributed by atoms with van der Waals surface area (Å²) < 4.78 is 44.6. The minimum Gasteiger partial charge on any atom is -0.492 e. The number of anilines is 1. The van der Waals surface area contributed by atoms with Gasteiger partial charge in [-0.15, -0.1) is 0 Å². The number of benzene rings is 3. The number of amides is 1. The normalized spacial score (nSPS) is 11.2. The molecule has 0 aromatic heterocycles. The fraction of sp³-hybridized carbons (Fsp3) is 0.240. The molecule has 0 atom stereocenters. The van der Waals surface area contributed by atoms with Gasteiger partial charge in [-0.05, 0) is 79.1 Å². The van der Waals surface area contributed by atoms with Gasteiger partial charge in [-0.1, -0.05) is 18.2 Å². The highest BCUT2D eigenvalue weighted by atomic mass is 32.2. The van der Waals surface area contributed by atoms with Gasteiger partial charge in [0.05, 0.1) is 25.0 Å². The molecule has 0 heterocycles. The number of carbonyl (C=O) groups is 1. The summed E-state index contributed by atoms with van der Waals surface area (Å²) in [5, 5.41) is 2.76. The van der Waals surface area contributed by atoms with E-state index in [1.165, 1.54) is 34.8 Å². The van der Waals surface area contributed by atoms with Gasteiger partial charge in [0.2, 0.25) is 10.0 Å². The molecule has 8 heteroatoms. The van der Waals surface area contributed by atoms with Crippen molar-refractivity contribution in [2.75, 3.05) is 23.7 Å². The third-order valence-electron chi connectivity index (χ3n) is 4.91. The van der Waals surface area contributed by atoms with Crippen LogP contribution in [0.4, 0.5) is 10.1 Å². The molecule has 0 saturated carbocycles. The summed E-state index contributed by atoms with van der Waals surface area (Å²) in [7, 11) is -3.50. The van der Waals surface area contributed by atoms with Crippen LogP contribution in [0.15, 0.2) is 66.7 Å². The number of ether oxygens (including phenoxy) is 1. The van der Waals surface area contributed by atoms with Gasteiger partial charge in [-0.25, -0.2) is 12.8 Å². The lowest BCUT2D eigenvalue weighted by Gasteiger charge is -2.23. The van der Waals surface area contributed by atoms with E-state index in [0.717, 1.165) is 16.7 Å². The number of aryl methyl sites for hydroxylation is 2. The average molecular weight is 471 g/mol. The van der Waals surface area contributed by atoms with Crippen LogP contribution in [0.25, 0.3) is 0 Å². The molecule has 0 saturated heterocycles. The van der Waals surface area contributed by atoms with Crippen LogP contribution < -0.4 is 14.4 Å². The van der Waals surface area contributed by atoms with Crippen molar-refractivity contribution in [1.29, 1.82) is 0 Å². The first-order chi connectivity index (χ1) is 15.6. The fourth-order valence-corrected chi connectivity index (χ4v) is 4.26. The number of nitrogens with zero attached hydrogens (tertiary/aromatic N) is 1. The van der Waals surface area contributed by atoms with Crippen LogP contribution in [0.2, 0.25) is 0 Å². The van der Waals surface area contributed by atoms with Crippen LogP contribution in [-0.2, 0) is 16.6 Å². The lowest BCUT2D eigenvalue weighted by Crippen LogP contribution is -2.30. The second-order valence-corrected chi connectivity index (χ2v) is 9.78. The molecule has 0 aliphatic rings. The number of rotatable bonds is 9. The van der Waals surface area contributed by atoms with Crippen molar-refractivity contribution in [3.8, 4) is 5.75 Å². The molecule has 0 unspecified atom stereocenters. The zero-order chi connectivity index (χ0) is 24.0. The first kappa shape index (κ1) is 24.3. The Bertz CT molecular complexity index is 1190. The van der Waals surface area contributed by atoms with Crippen molar-refractivity contribution in [3.05, 3.63) is 94.8 Å². The predicted molar refractivity (Wildman–Crippen MR) is 128 cm³/mol. The van der Waals surface area contributed by atoms with E-state index in [0.29, 0.717) is 17.0 Å². The summed E-state index contributed by atoms with van der Waals surface area (Å²) in [5.41, 5.74) is 3.79. The quantitative estimate of drug-likeness (QED) is 0.475. The molecular weight excluding hydrogens is 443 g/mol. The standard InChI is InChI=1S/C25H27FN2O4S/c1-18-14-19(2)16-23(15-18)28(33(3,30)31)17-20-4-6-21(7-5-20)25(29)27-12-13-32-24-10-8-22(26)9-11-24/h4-11,14-16H,12-13,17H2,1-3H3,(H,27,29). The molecule has 0 radical (unpaired) electrons. The van der Waals surface area contributed by atoms with Crippen molar-refractivity contribution >= 4 is 21.6 Å². The third kappa shape index (κ3) is 7.05. The highest BCUT2D eigenvalue weighted by molar-refractivity contribution is 7.92. The van der Waals surface area contributed by atoms with E-state index in [2.05, 4.69) is 5.32 Å². The zero-order valence-corrected chi connectivity index (χ0v) is 19.7. The number of sulfonamides is 1. The summed E-state index contributed by atoms with van der Waals surface area (Å²) >= 11 is 0. The smallest absolute Gasteiger partial charge is 0.251 e. The molecule has 1 amide bonds. The molecule has 0 aliphatic carbocycles. The van der Waals surface area contributed by atoms with E-state index in [1.54, 1.807) is 24.3 Å². The van der Waals surface area contributed by atoms with Crippen LogP contribution in [-0.4, -0.2) is 33.7 Å². The molecule has 0 bridgehead atoms. The van der Waals surface area contributed by atoms with Gasteiger partial charge in [-0.2, -0.15) is 0 Å². The van der Waals surface area contributed by atoms with E-state index < -0.39 is 10.0 Å². The summed E-state index contributed by atoms with van der Waals surface area (Å²) in [6, 6.07) is 18.1. The van der Waals surface area contributed by atoms with Crippen molar-refractivity contribution in [3.63, 3.8) is 0 Å². The molecule has 3 rings (SSSR count). The second-order valence-electron chi connectivity index (χ2n) is 7.87. The van der Waals surface area contributed by atoms with Gasteiger partial charge in [0.1, 0.15) is 18.2 Å².